The van der Waals surface area contributed by atoms with Crippen molar-refractivity contribution in [2.24, 2.45) is 0 Å². The quantitative estimate of drug-likeness (QED) is 0.866. The lowest BCUT2D eigenvalue weighted by atomic mass is 9.99. The summed E-state index contributed by atoms with van der Waals surface area (Å²) in [5, 5.41) is 9.93. The standard InChI is InChI=1S/C12H14F3NO/c1-16(2)8-3-4-9(12(13,14)15)10(7-8)11(17)5-6-11/h3-4,7,17H,5-6H2,1-2H3. The van der Waals surface area contributed by atoms with E-state index in [1.807, 2.05) is 0 Å². The van der Waals surface area contributed by atoms with E-state index >= 15 is 0 Å². The van der Waals surface area contributed by atoms with Crippen molar-refractivity contribution in [2.75, 3.05) is 19.0 Å². The highest BCUT2D eigenvalue weighted by molar-refractivity contribution is 5.53. The van der Waals surface area contributed by atoms with Crippen molar-refractivity contribution < 1.29 is 18.3 Å². The number of anilines is 1. The van der Waals surface area contributed by atoms with Crippen LogP contribution < -0.4 is 4.90 Å². The van der Waals surface area contributed by atoms with E-state index in [-0.39, 0.29) is 5.56 Å². The molecule has 0 spiro atoms. The van der Waals surface area contributed by atoms with E-state index in [0.717, 1.165) is 6.07 Å². The summed E-state index contributed by atoms with van der Waals surface area (Å²) in [5.41, 5.74) is -1.36. The summed E-state index contributed by atoms with van der Waals surface area (Å²) in [6.45, 7) is 0. The average molecular weight is 245 g/mol. The molecule has 2 nitrogen and oxygen atoms in total. The SMILES string of the molecule is CN(C)c1ccc(C(F)(F)F)c(C2(O)CC2)c1. The third-order valence-corrected chi connectivity index (χ3v) is 3.05. The molecule has 0 aliphatic heterocycles. The summed E-state index contributed by atoms with van der Waals surface area (Å²) in [7, 11) is 3.51. The van der Waals surface area contributed by atoms with Crippen LogP contribution in [0.15, 0.2) is 18.2 Å². The Labute approximate surface area is 97.7 Å². The van der Waals surface area contributed by atoms with E-state index in [4.69, 9.17) is 0 Å². The van der Waals surface area contributed by atoms with Gasteiger partial charge in [-0.1, -0.05) is 0 Å². The zero-order valence-corrected chi connectivity index (χ0v) is 9.67. The number of rotatable bonds is 2. The van der Waals surface area contributed by atoms with Gasteiger partial charge in [-0.2, -0.15) is 13.2 Å². The van der Waals surface area contributed by atoms with Crippen LogP contribution in [0, 0.1) is 0 Å². The van der Waals surface area contributed by atoms with Crippen molar-refractivity contribution >= 4 is 5.69 Å². The maximum absolute atomic E-state index is 12.8. The molecule has 0 atom stereocenters. The summed E-state index contributed by atoms with van der Waals surface area (Å²) in [6, 6.07) is 3.88. The van der Waals surface area contributed by atoms with E-state index in [1.165, 1.54) is 12.1 Å². The van der Waals surface area contributed by atoms with Crippen LogP contribution in [0.25, 0.3) is 0 Å². The zero-order valence-electron chi connectivity index (χ0n) is 9.67. The maximum Gasteiger partial charge on any atom is 0.416 e. The first-order chi connectivity index (χ1) is 7.74. The number of nitrogens with zero attached hydrogens (tertiary/aromatic N) is 1. The van der Waals surface area contributed by atoms with Gasteiger partial charge in [0.2, 0.25) is 0 Å². The third-order valence-electron chi connectivity index (χ3n) is 3.05. The molecule has 1 N–H and O–H groups in total. The predicted molar refractivity (Wildman–Crippen MR) is 58.9 cm³/mol. The molecule has 1 aliphatic rings. The van der Waals surface area contributed by atoms with E-state index < -0.39 is 17.3 Å². The minimum Gasteiger partial charge on any atom is -0.385 e. The van der Waals surface area contributed by atoms with E-state index in [1.54, 1.807) is 19.0 Å². The normalized spacial score (nSPS) is 18.0. The van der Waals surface area contributed by atoms with Gasteiger partial charge < -0.3 is 10.0 Å². The van der Waals surface area contributed by atoms with Crippen LogP contribution >= 0.6 is 0 Å². The Morgan fingerprint density at radius 2 is 1.82 bits per heavy atom. The van der Waals surface area contributed by atoms with E-state index in [2.05, 4.69) is 0 Å². The van der Waals surface area contributed by atoms with Crippen LogP contribution in [0.1, 0.15) is 24.0 Å². The highest BCUT2D eigenvalue weighted by Crippen LogP contribution is 2.50. The van der Waals surface area contributed by atoms with Crippen molar-refractivity contribution in [3.8, 4) is 0 Å². The second-order valence-corrected chi connectivity index (χ2v) is 4.65. The monoisotopic (exact) mass is 245 g/mol. The topological polar surface area (TPSA) is 23.5 Å². The summed E-state index contributed by atoms with van der Waals surface area (Å²) in [4.78, 5) is 1.72. The molecule has 0 unspecified atom stereocenters. The molecule has 1 aliphatic carbocycles. The van der Waals surface area contributed by atoms with Gasteiger partial charge >= 0.3 is 6.18 Å². The predicted octanol–water partition coefficient (Wildman–Crippen LogP) is 2.75. The van der Waals surface area contributed by atoms with Gasteiger partial charge in [-0.15, -0.1) is 0 Å². The molecular weight excluding hydrogens is 231 g/mol. The number of hydrogen-bond donors (Lipinski definition) is 1. The van der Waals surface area contributed by atoms with Crippen LogP contribution in [-0.2, 0) is 11.8 Å². The number of hydrogen-bond acceptors (Lipinski definition) is 2. The second-order valence-electron chi connectivity index (χ2n) is 4.65. The van der Waals surface area contributed by atoms with Crippen molar-refractivity contribution in [3.05, 3.63) is 29.3 Å². The Morgan fingerprint density at radius 3 is 2.24 bits per heavy atom. The van der Waals surface area contributed by atoms with Crippen LogP contribution in [-0.4, -0.2) is 19.2 Å². The fourth-order valence-corrected chi connectivity index (χ4v) is 1.83. The summed E-state index contributed by atoms with van der Waals surface area (Å²) >= 11 is 0. The van der Waals surface area contributed by atoms with Crippen molar-refractivity contribution in [1.29, 1.82) is 0 Å². The van der Waals surface area contributed by atoms with Crippen molar-refractivity contribution in [3.63, 3.8) is 0 Å². The highest BCUT2D eigenvalue weighted by atomic mass is 19.4. The van der Waals surface area contributed by atoms with Crippen molar-refractivity contribution in [2.45, 2.75) is 24.6 Å². The van der Waals surface area contributed by atoms with Crippen LogP contribution in [0.3, 0.4) is 0 Å². The summed E-state index contributed by atoms with van der Waals surface area (Å²) in [6.07, 6.45) is -3.63. The first kappa shape index (κ1) is 12.2. The van der Waals surface area contributed by atoms with Crippen LogP contribution in [0.2, 0.25) is 0 Å². The Balaban J connectivity index is 2.54. The number of alkyl halides is 3. The smallest absolute Gasteiger partial charge is 0.385 e. The minimum absolute atomic E-state index is 0.00352. The fraction of sp³-hybridized carbons (Fsp3) is 0.500. The zero-order chi connectivity index (χ0) is 12.8. The molecule has 17 heavy (non-hydrogen) atoms. The van der Waals surface area contributed by atoms with Gasteiger partial charge in [-0.25, -0.2) is 0 Å². The van der Waals surface area contributed by atoms with Gasteiger partial charge in [0.15, 0.2) is 0 Å². The number of aliphatic hydroxyl groups is 1. The molecule has 0 saturated heterocycles. The molecule has 0 aromatic heterocycles. The minimum atomic E-state index is -4.42. The third kappa shape index (κ3) is 2.24. The molecule has 1 fully saturated rings. The van der Waals surface area contributed by atoms with Crippen LogP contribution in [0.4, 0.5) is 18.9 Å². The Hall–Kier alpha value is -1.23. The Bertz CT molecular complexity index is 436. The fourth-order valence-electron chi connectivity index (χ4n) is 1.83. The Kier molecular flexibility index (Phi) is 2.61. The maximum atomic E-state index is 12.8. The first-order valence-electron chi connectivity index (χ1n) is 5.35. The second kappa shape index (κ2) is 3.63. The molecule has 1 aromatic carbocycles. The Morgan fingerprint density at radius 1 is 1.24 bits per heavy atom. The van der Waals surface area contributed by atoms with Crippen molar-refractivity contribution in [1.82, 2.24) is 0 Å². The molecule has 94 valence electrons. The molecule has 0 heterocycles. The van der Waals surface area contributed by atoms with Gasteiger partial charge in [-0.3, -0.25) is 0 Å². The van der Waals surface area contributed by atoms with E-state index in [9.17, 15) is 18.3 Å². The van der Waals surface area contributed by atoms with Gasteiger partial charge in [0, 0.05) is 19.8 Å². The lowest BCUT2D eigenvalue weighted by molar-refractivity contribution is -0.139. The number of halogens is 3. The van der Waals surface area contributed by atoms with Gasteiger partial charge in [0.25, 0.3) is 0 Å². The molecule has 0 radical (unpaired) electrons. The molecule has 0 bridgehead atoms. The molecule has 1 saturated carbocycles. The lowest BCUT2D eigenvalue weighted by Gasteiger charge is -2.20. The average Bonchev–Trinajstić information content (AvgIpc) is 2.95. The van der Waals surface area contributed by atoms with Gasteiger partial charge in [-0.05, 0) is 36.6 Å². The van der Waals surface area contributed by atoms with Gasteiger partial charge in [0.05, 0.1) is 11.2 Å². The highest BCUT2D eigenvalue weighted by Gasteiger charge is 2.48. The van der Waals surface area contributed by atoms with Gasteiger partial charge in [0.1, 0.15) is 0 Å². The molecule has 1 aromatic rings. The lowest BCUT2D eigenvalue weighted by Crippen LogP contribution is -2.18. The largest absolute Gasteiger partial charge is 0.416 e. The van der Waals surface area contributed by atoms with Crippen LogP contribution in [0.5, 0.6) is 0 Å². The molecular formula is C12H14F3NO. The summed E-state index contributed by atoms with van der Waals surface area (Å²) < 4.78 is 38.4. The first-order valence-corrected chi connectivity index (χ1v) is 5.35. The molecule has 5 heteroatoms. The summed E-state index contributed by atoms with van der Waals surface area (Å²) in [5.74, 6) is 0. The molecule has 0 amide bonds. The van der Waals surface area contributed by atoms with E-state index in [0.29, 0.717) is 18.5 Å². The number of benzene rings is 1. The molecule has 2 rings (SSSR count).